The van der Waals surface area contributed by atoms with Crippen LogP contribution in [-0.4, -0.2) is 12.6 Å². The SMILES string of the molecule is Cc1cccc(CN)c1N1CCC2CCCCC21. The van der Waals surface area contributed by atoms with Crippen LogP contribution in [0.1, 0.15) is 43.2 Å². The van der Waals surface area contributed by atoms with Gasteiger partial charge in [0.25, 0.3) is 0 Å². The molecule has 1 aromatic carbocycles. The maximum atomic E-state index is 5.93. The van der Waals surface area contributed by atoms with Crippen LogP contribution in [0.4, 0.5) is 5.69 Å². The number of benzene rings is 1. The zero-order valence-corrected chi connectivity index (χ0v) is 11.4. The van der Waals surface area contributed by atoms with Crippen molar-refractivity contribution in [1.82, 2.24) is 0 Å². The molecule has 2 unspecified atom stereocenters. The molecule has 3 rings (SSSR count). The van der Waals surface area contributed by atoms with E-state index in [1.165, 1.54) is 55.5 Å². The lowest BCUT2D eigenvalue weighted by Gasteiger charge is -2.35. The van der Waals surface area contributed by atoms with Gasteiger partial charge in [-0.3, -0.25) is 0 Å². The largest absolute Gasteiger partial charge is 0.368 e. The molecule has 2 N–H and O–H groups in total. The van der Waals surface area contributed by atoms with Gasteiger partial charge in [0, 0.05) is 24.8 Å². The molecule has 0 bridgehead atoms. The van der Waals surface area contributed by atoms with Crippen LogP contribution in [0.15, 0.2) is 18.2 Å². The van der Waals surface area contributed by atoms with Crippen LogP contribution in [0, 0.1) is 12.8 Å². The van der Waals surface area contributed by atoms with Crippen molar-refractivity contribution in [2.24, 2.45) is 11.7 Å². The Labute approximate surface area is 110 Å². The number of anilines is 1. The maximum absolute atomic E-state index is 5.93. The lowest BCUT2D eigenvalue weighted by Crippen LogP contribution is -2.35. The molecule has 2 aliphatic rings. The van der Waals surface area contributed by atoms with Crippen LogP contribution in [0.2, 0.25) is 0 Å². The summed E-state index contributed by atoms with van der Waals surface area (Å²) < 4.78 is 0. The van der Waals surface area contributed by atoms with E-state index in [-0.39, 0.29) is 0 Å². The molecule has 1 heterocycles. The second kappa shape index (κ2) is 4.93. The highest BCUT2D eigenvalue weighted by molar-refractivity contribution is 5.61. The van der Waals surface area contributed by atoms with Crippen molar-refractivity contribution in [2.45, 2.75) is 51.6 Å². The van der Waals surface area contributed by atoms with Crippen molar-refractivity contribution in [3.05, 3.63) is 29.3 Å². The zero-order chi connectivity index (χ0) is 12.5. The molecule has 0 amide bonds. The maximum Gasteiger partial charge on any atom is 0.0444 e. The smallest absolute Gasteiger partial charge is 0.0444 e. The monoisotopic (exact) mass is 244 g/mol. The van der Waals surface area contributed by atoms with E-state index in [0.717, 1.165) is 12.0 Å². The van der Waals surface area contributed by atoms with E-state index in [1.54, 1.807) is 0 Å². The molecule has 0 aromatic heterocycles. The van der Waals surface area contributed by atoms with E-state index in [2.05, 4.69) is 30.0 Å². The van der Waals surface area contributed by atoms with Gasteiger partial charge in [0.05, 0.1) is 0 Å². The Balaban J connectivity index is 1.95. The fourth-order valence-corrected chi connectivity index (χ4v) is 3.98. The summed E-state index contributed by atoms with van der Waals surface area (Å²) >= 11 is 0. The summed E-state index contributed by atoms with van der Waals surface area (Å²) in [6.45, 7) is 4.11. The molecule has 0 radical (unpaired) electrons. The molecule has 2 nitrogen and oxygen atoms in total. The minimum absolute atomic E-state index is 0.658. The molecule has 98 valence electrons. The fraction of sp³-hybridized carbons (Fsp3) is 0.625. The van der Waals surface area contributed by atoms with Gasteiger partial charge in [-0.2, -0.15) is 0 Å². The predicted octanol–water partition coefficient (Wildman–Crippen LogP) is 3.22. The third-order valence-corrected chi connectivity index (χ3v) is 4.84. The van der Waals surface area contributed by atoms with Gasteiger partial charge in [0.15, 0.2) is 0 Å². The van der Waals surface area contributed by atoms with Crippen molar-refractivity contribution in [1.29, 1.82) is 0 Å². The van der Waals surface area contributed by atoms with Gasteiger partial charge in [-0.15, -0.1) is 0 Å². The highest BCUT2D eigenvalue weighted by Crippen LogP contribution is 2.40. The van der Waals surface area contributed by atoms with Crippen LogP contribution in [0.25, 0.3) is 0 Å². The predicted molar refractivity (Wildman–Crippen MR) is 76.8 cm³/mol. The van der Waals surface area contributed by atoms with E-state index >= 15 is 0 Å². The Morgan fingerprint density at radius 2 is 2.06 bits per heavy atom. The summed E-state index contributed by atoms with van der Waals surface area (Å²) in [4.78, 5) is 2.67. The zero-order valence-electron chi connectivity index (χ0n) is 11.4. The van der Waals surface area contributed by atoms with Crippen molar-refractivity contribution in [2.75, 3.05) is 11.4 Å². The van der Waals surface area contributed by atoms with Gasteiger partial charge in [-0.25, -0.2) is 0 Å². The van der Waals surface area contributed by atoms with Crippen LogP contribution in [0.5, 0.6) is 0 Å². The average Bonchev–Trinajstić information content (AvgIpc) is 2.82. The molecule has 2 fully saturated rings. The van der Waals surface area contributed by atoms with Gasteiger partial charge in [-0.1, -0.05) is 31.0 Å². The molecule has 1 aliphatic carbocycles. The topological polar surface area (TPSA) is 29.3 Å². The molecule has 1 saturated heterocycles. The highest BCUT2D eigenvalue weighted by Gasteiger charge is 2.36. The molecule has 2 heteroatoms. The van der Waals surface area contributed by atoms with E-state index in [1.807, 2.05) is 0 Å². The first kappa shape index (κ1) is 12.0. The quantitative estimate of drug-likeness (QED) is 0.865. The Hall–Kier alpha value is -1.02. The molecule has 2 atom stereocenters. The standard InChI is InChI=1S/C16H24N2/c1-12-5-4-7-14(11-17)16(12)18-10-9-13-6-2-3-8-15(13)18/h4-5,7,13,15H,2-3,6,8-11,17H2,1H3. The summed E-state index contributed by atoms with van der Waals surface area (Å²) in [5.74, 6) is 0.934. The Morgan fingerprint density at radius 1 is 1.22 bits per heavy atom. The lowest BCUT2D eigenvalue weighted by molar-refractivity contribution is 0.342. The second-order valence-electron chi connectivity index (χ2n) is 5.88. The van der Waals surface area contributed by atoms with Crippen molar-refractivity contribution < 1.29 is 0 Å². The molecular weight excluding hydrogens is 220 g/mol. The van der Waals surface area contributed by atoms with E-state index in [9.17, 15) is 0 Å². The third kappa shape index (κ3) is 1.93. The van der Waals surface area contributed by atoms with Crippen LogP contribution >= 0.6 is 0 Å². The first-order valence-electron chi connectivity index (χ1n) is 7.36. The third-order valence-electron chi connectivity index (χ3n) is 4.84. The first-order valence-corrected chi connectivity index (χ1v) is 7.36. The number of rotatable bonds is 2. The number of aryl methyl sites for hydroxylation is 1. The van der Waals surface area contributed by atoms with Crippen molar-refractivity contribution >= 4 is 5.69 Å². The summed E-state index contributed by atoms with van der Waals surface area (Å²) in [6, 6.07) is 7.34. The summed E-state index contributed by atoms with van der Waals surface area (Å²) in [6.07, 6.45) is 7.03. The number of hydrogen-bond acceptors (Lipinski definition) is 2. The van der Waals surface area contributed by atoms with Crippen LogP contribution in [0.3, 0.4) is 0 Å². The first-order chi connectivity index (χ1) is 8.81. The van der Waals surface area contributed by atoms with Gasteiger partial charge < -0.3 is 10.6 Å². The number of nitrogens with zero attached hydrogens (tertiary/aromatic N) is 1. The van der Waals surface area contributed by atoms with Crippen molar-refractivity contribution in [3.8, 4) is 0 Å². The van der Waals surface area contributed by atoms with E-state index in [4.69, 9.17) is 5.73 Å². The number of hydrogen-bond donors (Lipinski definition) is 1. The number of nitrogens with two attached hydrogens (primary N) is 1. The van der Waals surface area contributed by atoms with E-state index < -0.39 is 0 Å². The molecule has 1 aliphatic heterocycles. The minimum atomic E-state index is 0.658. The molecule has 1 aromatic rings. The minimum Gasteiger partial charge on any atom is -0.368 e. The molecule has 18 heavy (non-hydrogen) atoms. The molecule has 1 saturated carbocycles. The Morgan fingerprint density at radius 3 is 2.89 bits per heavy atom. The van der Waals surface area contributed by atoms with Gasteiger partial charge >= 0.3 is 0 Å². The van der Waals surface area contributed by atoms with Crippen LogP contribution in [-0.2, 0) is 6.54 Å². The Bertz CT molecular complexity index is 427. The van der Waals surface area contributed by atoms with E-state index in [0.29, 0.717) is 6.54 Å². The normalized spacial score (nSPS) is 27.3. The average molecular weight is 244 g/mol. The summed E-state index contributed by atoms with van der Waals surface area (Å²) in [7, 11) is 0. The van der Waals surface area contributed by atoms with Gasteiger partial charge in [0.2, 0.25) is 0 Å². The fourth-order valence-electron chi connectivity index (χ4n) is 3.98. The summed E-state index contributed by atoms with van der Waals surface area (Å²) in [5, 5.41) is 0. The molecule has 0 spiro atoms. The Kier molecular flexibility index (Phi) is 3.29. The van der Waals surface area contributed by atoms with Crippen LogP contribution < -0.4 is 10.6 Å². The lowest BCUT2D eigenvalue weighted by atomic mass is 9.85. The van der Waals surface area contributed by atoms with Gasteiger partial charge in [-0.05, 0) is 43.2 Å². The highest BCUT2D eigenvalue weighted by atomic mass is 15.2. The second-order valence-corrected chi connectivity index (χ2v) is 5.88. The van der Waals surface area contributed by atoms with Crippen molar-refractivity contribution in [3.63, 3.8) is 0 Å². The van der Waals surface area contributed by atoms with Gasteiger partial charge in [0.1, 0.15) is 0 Å². The number of para-hydroxylation sites is 1. The molecular formula is C16H24N2. The number of fused-ring (bicyclic) bond motifs is 1. The summed E-state index contributed by atoms with van der Waals surface area (Å²) in [5.41, 5.74) is 10.1.